The molecule has 132 valence electrons. The maximum atomic E-state index is 11.8. The Morgan fingerprint density at radius 1 is 1.04 bits per heavy atom. The fraction of sp³-hybridized carbons (Fsp3) is 0.368. The summed E-state index contributed by atoms with van der Waals surface area (Å²) in [7, 11) is 0. The van der Waals surface area contributed by atoms with E-state index in [0.29, 0.717) is 25.8 Å². The van der Waals surface area contributed by atoms with Gasteiger partial charge in [-0.25, -0.2) is 5.43 Å². The molecule has 0 bridgehead atoms. The van der Waals surface area contributed by atoms with Gasteiger partial charge in [-0.2, -0.15) is 5.10 Å². The number of aryl methyl sites for hydroxylation is 1. The van der Waals surface area contributed by atoms with Crippen LogP contribution < -0.4 is 5.43 Å². The first-order valence-corrected chi connectivity index (χ1v) is 8.41. The van der Waals surface area contributed by atoms with Gasteiger partial charge in [0, 0.05) is 25.1 Å². The van der Waals surface area contributed by atoms with Gasteiger partial charge in [-0.15, -0.1) is 0 Å². The Bertz CT molecular complexity index is 687. The lowest BCUT2D eigenvalue weighted by atomic mass is 10.1. The van der Waals surface area contributed by atoms with Crippen LogP contribution in [0.15, 0.2) is 41.5 Å². The van der Waals surface area contributed by atoms with Crippen LogP contribution in [-0.4, -0.2) is 34.9 Å². The van der Waals surface area contributed by atoms with Crippen molar-refractivity contribution >= 4 is 23.4 Å². The summed E-state index contributed by atoms with van der Waals surface area (Å²) < 4.78 is 0. The molecule has 0 saturated heterocycles. The molecule has 6 heteroatoms. The number of unbranched alkanes of at least 4 members (excludes halogenated alkanes) is 2. The molecule has 0 saturated carbocycles. The lowest BCUT2D eigenvalue weighted by Crippen LogP contribution is -2.30. The van der Waals surface area contributed by atoms with Crippen LogP contribution in [0.2, 0.25) is 0 Å². The van der Waals surface area contributed by atoms with Crippen molar-refractivity contribution in [3.05, 3.63) is 47.5 Å². The van der Waals surface area contributed by atoms with Crippen molar-refractivity contribution in [3.8, 4) is 0 Å². The van der Waals surface area contributed by atoms with Gasteiger partial charge in [0.15, 0.2) is 0 Å². The molecule has 2 rings (SSSR count). The Kier molecular flexibility index (Phi) is 6.62. The second kappa shape index (κ2) is 8.92. The highest BCUT2D eigenvalue weighted by molar-refractivity contribution is 6.12. The number of hydrazone groups is 1. The van der Waals surface area contributed by atoms with Crippen LogP contribution in [0, 0.1) is 6.92 Å². The molecule has 3 amide bonds. The summed E-state index contributed by atoms with van der Waals surface area (Å²) in [6.07, 6.45) is 5.08. The van der Waals surface area contributed by atoms with Crippen LogP contribution in [-0.2, 0) is 14.4 Å². The van der Waals surface area contributed by atoms with Crippen molar-refractivity contribution < 1.29 is 14.4 Å². The number of rotatable bonds is 8. The highest BCUT2D eigenvalue weighted by Crippen LogP contribution is 2.08. The summed E-state index contributed by atoms with van der Waals surface area (Å²) in [6.45, 7) is 4.27. The number of amides is 3. The number of hydrogen-bond donors (Lipinski definition) is 1. The molecule has 1 heterocycles. The van der Waals surface area contributed by atoms with Gasteiger partial charge in [0.25, 0.3) is 11.8 Å². The Morgan fingerprint density at radius 2 is 1.68 bits per heavy atom. The molecule has 0 unspecified atom stereocenters. The Morgan fingerprint density at radius 3 is 2.32 bits per heavy atom. The molecular formula is C19H23N3O3. The van der Waals surface area contributed by atoms with Gasteiger partial charge >= 0.3 is 0 Å². The van der Waals surface area contributed by atoms with Crippen molar-refractivity contribution in [2.75, 3.05) is 6.54 Å². The van der Waals surface area contributed by atoms with Crippen molar-refractivity contribution in [3.63, 3.8) is 0 Å². The van der Waals surface area contributed by atoms with Crippen LogP contribution in [0.25, 0.3) is 0 Å². The van der Waals surface area contributed by atoms with Gasteiger partial charge in [0.2, 0.25) is 5.91 Å². The molecule has 1 N–H and O–H groups in total. The van der Waals surface area contributed by atoms with E-state index in [1.54, 1.807) is 0 Å². The average molecular weight is 341 g/mol. The number of nitrogens with zero attached hydrogens (tertiary/aromatic N) is 2. The molecule has 0 aromatic heterocycles. The third-order valence-electron chi connectivity index (χ3n) is 4.00. The van der Waals surface area contributed by atoms with Gasteiger partial charge < -0.3 is 0 Å². The number of carbonyl (C=O) groups is 3. The molecule has 0 aliphatic carbocycles. The maximum absolute atomic E-state index is 11.8. The molecule has 1 aliphatic rings. The largest absolute Gasteiger partial charge is 0.275 e. The summed E-state index contributed by atoms with van der Waals surface area (Å²) in [6, 6.07) is 7.94. The lowest BCUT2D eigenvalue weighted by molar-refractivity contribution is -0.136. The van der Waals surface area contributed by atoms with Gasteiger partial charge in [0.1, 0.15) is 0 Å². The van der Waals surface area contributed by atoms with E-state index in [1.165, 1.54) is 22.6 Å². The molecular weight excluding hydrogens is 318 g/mol. The zero-order valence-corrected chi connectivity index (χ0v) is 14.6. The zero-order chi connectivity index (χ0) is 18.2. The van der Waals surface area contributed by atoms with E-state index in [9.17, 15) is 14.4 Å². The number of nitrogens with one attached hydrogen (secondary N) is 1. The number of benzene rings is 1. The van der Waals surface area contributed by atoms with Crippen molar-refractivity contribution in [1.29, 1.82) is 0 Å². The minimum atomic E-state index is -0.260. The molecule has 0 radical (unpaired) electrons. The van der Waals surface area contributed by atoms with Crippen molar-refractivity contribution in [1.82, 2.24) is 10.3 Å². The molecule has 0 spiro atoms. The lowest BCUT2D eigenvalue weighted by Gasteiger charge is -2.12. The highest BCUT2D eigenvalue weighted by atomic mass is 16.2. The topological polar surface area (TPSA) is 78.8 Å². The SMILES string of the molecule is C/C(=N\NC(=O)CCCCCN1C(=O)C=CC1=O)c1ccc(C)cc1. The Hall–Kier alpha value is -2.76. The molecule has 1 aliphatic heterocycles. The first-order chi connectivity index (χ1) is 12.0. The predicted molar refractivity (Wildman–Crippen MR) is 95.9 cm³/mol. The summed E-state index contributed by atoms with van der Waals surface area (Å²) in [5.74, 6) is -0.659. The van der Waals surface area contributed by atoms with E-state index in [0.717, 1.165) is 17.7 Å². The van der Waals surface area contributed by atoms with E-state index in [2.05, 4.69) is 10.5 Å². The Labute approximate surface area is 147 Å². The van der Waals surface area contributed by atoms with Crippen molar-refractivity contribution in [2.24, 2.45) is 5.10 Å². The molecule has 0 fully saturated rings. The van der Waals surface area contributed by atoms with Crippen molar-refractivity contribution in [2.45, 2.75) is 39.5 Å². The van der Waals surface area contributed by atoms with E-state index in [1.807, 2.05) is 38.1 Å². The van der Waals surface area contributed by atoms with E-state index in [4.69, 9.17) is 0 Å². The quantitative estimate of drug-likeness (QED) is 0.341. The standard InChI is InChI=1S/C19H23N3O3/c1-14-7-9-16(10-8-14)15(2)20-21-17(23)6-4-3-5-13-22-18(24)11-12-19(22)25/h7-12H,3-6,13H2,1-2H3,(H,21,23)/b20-15+. The summed E-state index contributed by atoms with van der Waals surface area (Å²) in [5.41, 5.74) is 5.46. The first kappa shape index (κ1) is 18.6. The average Bonchev–Trinajstić information content (AvgIpc) is 2.91. The molecule has 1 aromatic rings. The van der Waals surface area contributed by atoms with Gasteiger partial charge in [-0.05, 0) is 32.3 Å². The molecule has 25 heavy (non-hydrogen) atoms. The number of hydrogen-bond acceptors (Lipinski definition) is 4. The highest BCUT2D eigenvalue weighted by Gasteiger charge is 2.22. The van der Waals surface area contributed by atoms with Crippen LogP contribution in [0.3, 0.4) is 0 Å². The molecule has 1 aromatic carbocycles. The Balaban J connectivity index is 1.64. The minimum Gasteiger partial charge on any atom is -0.275 e. The number of carbonyl (C=O) groups excluding carboxylic acids is 3. The van der Waals surface area contributed by atoms with Crippen LogP contribution in [0.1, 0.15) is 43.7 Å². The fourth-order valence-electron chi connectivity index (χ4n) is 2.45. The fourth-order valence-corrected chi connectivity index (χ4v) is 2.45. The number of imide groups is 1. The van der Waals surface area contributed by atoms with Crippen LogP contribution >= 0.6 is 0 Å². The molecule has 0 atom stereocenters. The summed E-state index contributed by atoms with van der Waals surface area (Å²) in [5, 5.41) is 4.12. The van der Waals surface area contributed by atoms with Gasteiger partial charge in [-0.3, -0.25) is 19.3 Å². The van der Waals surface area contributed by atoms with E-state index in [-0.39, 0.29) is 17.7 Å². The van der Waals surface area contributed by atoms with Crippen LogP contribution in [0.4, 0.5) is 0 Å². The smallest absolute Gasteiger partial charge is 0.253 e. The molecule has 6 nitrogen and oxygen atoms in total. The van der Waals surface area contributed by atoms with E-state index < -0.39 is 0 Å². The van der Waals surface area contributed by atoms with Crippen LogP contribution in [0.5, 0.6) is 0 Å². The monoisotopic (exact) mass is 341 g/mol. The first-order valence-electron chi connectivity index (χ1n) is 8.41. The normalized spacial score (nSPS) is 14.3. The predicted octanol–water partition coefficient (Wildman–Crippen LogP) is 2.32. The second-order valence-electron chi connectivity index (χ2n) is 6.07. The minimum absolute atomic E-state index is 0.138. The van der Waals surface area contributed by atoms with Gasteiger partial charge in [0.05, 0.1) is 5.71 Å². The maximum Gasteiger partial charge on any atom is 0.253 e. The van der Waals surface area contributed by atoms with Gasteiger partial charge in [-0.1, -0.05) is 36.2 Å². The summed E-state index contributed by atoms with van der Waals surface area (Å²) >= 11 is 0. The zero-order valence-electron chi connectivity index (χ0n) is 14.6. The summed E-state index contributed by atoms with van der Waals surface area (Å²) in [4.78, 5) is 35.8. The third-order valence-corrected chi connectivity index (χ3v) is 4.00. The second-order valence-corrected chi connectivity index (χ2v) is 6.07. The third kappa shape index (κ3) is 5.67. The van der Waals surface area contributed by atoms with E-state index >= 15 is 0 Å².